The van der Waals surface area contributed by atoms with Crippen molar-refractivity contribution >= 4 is 17.4 Å². The Balaban J connectivity index is 1.76. The lowest BCUT2D eigenvalue weighted by atomic mass is 10.3. The molecule has 0 aliphatic carbocycles. The zero-order valence-corrected chi connectivity index (χ0v) is 11.9. The lowest BCUT2D eigenvalue weighted by Gasteiger charge is -2.04. The van der Waals surface area contributed by atoms with Crippen molar-refractivity contribution in [3.8, 4) is 5.69 Å². The molecule has 0 atom stereocenters. The van der Waals surface area contributed by atoms with Crippen LogP contribution in [0.5, 0.6) is 0 Å². The van der Waals surface area contributed by atoms with E-state index in [2.05, 4.69) is 31.4 Å². The van der Waals surface area contributed by atoms with Gasteiger partial charge in [0.25, 0.3) is 0 Å². The zero-order chi connectivity index (χ0) is 14.9. The molecule has 1 N–H and O–H groups in total. The smallest absolute Gasteiger partial charge is 0.248 e. The van der Waals surface area contributed by atoms with E-state index in [1.54, 1.807) is 23.2 Å². The third kappa shape index (κ3) is 2.18. The molecule has 0 spiro atoms. The molecule has 4 heterocycles. The number of aromatic nitrogens is 6. The van der Waals surface area contributed by atoms with Crippen LogP contribution in [0.25, 0.3) is 11.3 Å². The van der Waals surface area contributed by atoms with E-state index in [4.69, 9.17) is 0 Å². The van der Waals surface area contributed by atoms with Gasteiger partial charge in [-0.15, -0.1) is 5.10 Å². The number of pyridine rings is 2. The molecule has 0 aromatic carbocycles. The van der Waals surface area contributed by atoms with Gasteiger partial charge in [-0.25, -0.2) is 14.5 Å². The van der Waals surface area contributed by atoms with Crippen LogP contribution in [-0.2, 0) is 0 Å². The lowest BCUT2D eigenvalue weighted by Crippen LogP contribution is -1.98. The van der Waals surface area contributed by atoms with Crippen LogP contribution in [0.2, 0.25) is 0 Å². The average Bonchev–Trinajstić information content (AvgIpc) is 3.17. The average molecular weight is 291 g/mol. The second kappa shape index (κ2) is 4.96. The van der Waals surface area contributed by atoms with E-state index in [0.29, 0.717) is 11.8 Å². The first-order valence-electron chi connectivity index (χ1n) is 6.83. The van der Waals surface area contributed by atoms with Gasteiger partial charge in [0.1, 0.15) is 5.82 Å². The Hall–Kier alpha value is -3.22. The molecule has 0 aliphatic rings. The summed E-state index contributed by atoms with van der Waals surface area (Å²) in [6.07, 6.45) is 9.03. The minimum Gasteiger partial charge on any atom is -0.307 e. The molecule has 0 aliphatic heterocycles. The third-order valence-corrected chi connectivity index (χ3v) is 3.31. The highest BCUT2D eigenvalue weighted by molar-refractivity contribution is 5.57. The Kier molecular flexibility index (Phi) is 2.82. The fourth-order valence-corrected chi connectivity index (χ4v) is 2.29. The summed E-state index contributed by atoms with van der Waals surface area (Å²) < 4.78 is 3.69. The predicted molar refractivity (Wildman–Crippen MR) is 82.4 cm³/mol. The molecule has 22 heavy (non-hydrogen) atoms. The van der Waals surface area contributed by atoms with Crippen LogP contribution in [0.1, 0.15) is 5.56 Å². The first kappa shape index (κ1) is 12.5. The largest absolute Gasteiger partial charge is 0.307 e. The van der Waals surface area contributed by atoms with Crippen molar-refractivity contribution in [3.63, 3.8) is 0 Å². The molecule has 0 saturated heterocycles. The van der Waals surface area contributed by atoms with Gasteiger partial charge in [-0.05, 0) is 30.7 Å². The quantitative estimate of drug-likeness (QED) is 0.627. The molecule has 108 valence electrons. The second-order valence-electron chi connectivity index (χ2n) is 4.89. The third-order valence-electron chi connectivity index (χ3n) is 3.31. The molecule has 0 amide bonds. The van der Waals surface area contributed by atoms with Gasteiger partial charge in [-0.1, -0.05) is 6.07 Å². The fourth-order valence-electron chi connectivity index (χ4n) is 2.29. The molecule has 0 unspecified atom stereocenters. The van der Waals surface area contributed by atoms with Crippen LogP contribution >= 0.6 is 0 Å². The maximum atomic E-state index is 4.51. The molecule has 0 radical (unpaired) electrons. The van der Waals surface area contributed by atoms with Crippen molar-refractivity contribution in [2.45, 2.75) is 6.92 Å². The van der Waals surface area contributed by atoms with E-state index in [1.165, 1.54) is 0 Å². The summed E-state index contributed by atoms with van der Waals surface area (Å²) in [5.74, 6) is 1.23. The SMILES string of the molecule is Cc1cc(-n2ccnc2)cn2nc(Nc3ccccn3)nc12. The van der Waals surface area contributed by atoms with Crippen molar-refractivity contribution in [3.05, 3.63) is 60.9 Å². The van der Waals surface area contributed by atoms with E-state index in [1.807, 2.05) is 42.1 Å². The summed E-state index contributed by atoms with van der Waals surface area (Å²) in [6.45, 7) is 2.01. The number of imidazole rings is 1. The number of nitrogens with one attached hydrogen (secondary N) is 1. The topological polar surface area (TPSA) is 72.9 Å². The molecule has 7 heteroatoms. The Bertz CT molecular complexity index is 910. The van der Waals surface area contributed by atoms with Crippen LogP contribution in [0, 0.1) is 6.92 Å². The number of nitrogens with zero attached hydrogens (tertiary/aromatic N) is 6. The minimum atomic E-state index is 0.518. The van der Waals surface area contributed by atoms with Gasteiger partial charge >= 0.3 is 0 Å². The highest BCUT2D eigenvalue weighted by Crippen LogP contribution is 2.17. The van der Waals surface area contributed by atoms with E-state index in [-0.39, 0.29) is 0 Å². The number of rotatable bonds is 3. The van der Waals surface area contributed by atoms with Crippen LogP contribution < -0.4 is 5.32 Å². The van der Waals surface area contributed by atoms with Gasteiger partial charge in [-0.2, -0.15) is 4.98 Å². The van der Waals surface area contributed by atoms with Crippen molar-refractivity contribution in [2.24, 2.45) is 0 Å². The van der Waals surface area contributed by atoms with E-state index in [9.17, 15) is 0 Å². The number of aryl methyl sites for hydroxylation is 1. The minimum absolute atomic E-state index is 0.518. The fraction of sp³-hybridized carbons (Fsp3) is 0.0667. The zero-order valence-electron chi connectivity index (χ0n) is 11.9. The molecule has 4 rings (SSSR count). The summed E-state index contributed by atoms with van der Waals surface area (Å²) >= 11 is 0. The Morgan fingerprint density at radius 3 is 2.91 bits per heavy atom. The molecular formula is C15H13N7. The van der Waals surface area contributed by atoms with Crippen molar-refractivity contribution < 1.29 is 0 Å². The molecule has 4 aromatic heterocycles. The number of fused-ring (bicyclic) bond motifs is 1. The Morgan fingerprint density at radius 1 is 1.18 bits per heavy atom. The van der Waals surface area contributed by atoms with Gasteiger partial charge in [0.2, 0.25) is 5.95 Å². The lowest BCUT2D eigenvalue weighted by molar-refractivity contribution is 0.928. The van der Waals surface area contributed by atoms with Crippen LogP contribution in [0.4, 0.5) is 11.8 Å². The Labute approximate surface area is 126 Å². The summed E-state index contributed by atoms with van der Waals surface area (Å²) in [5, 5.41) is 7.56. The molecule has 0 fully saturated rings. The van der Waals surface area contributed by atoms with E-state index in [0.717, 1.165) is 16.9 Å². The molecule has 4 aromatic rings. The number of hydrogen-bond donors (Lipinski definition) is 1. The number of hydrogen-bond acceptors (Lipinski definition) is 5. The molecule has 7 nitrogen and oxygen atoms in total. The maximum Gasteiger partial charge on any atom is 0.248 e. The molecule has 0 bridgehead atoms. The van der Waals surface area contributed by atoms with Crippen molar-refractivity contribution in [2.75, 3.05) is 5.32 Å². The van der Waals surface area contributed by atoms with Crippen molar-refractivity contribution in [1.82, 2.24) is 29.1 Å². The predicted octanol–water partition coefficient (Wildman–Crippen LogP) is 2.36. The molecule has 0 saturated carbocycles. The van der Waals surface area contributed by atoms with Gasteiger partial charge in [-0.3, -0.25) is 0 Å². The highest BCUT2D eigenvalue weighted by atomic mass is 15.4. The standard InChI is InChI=1S/C15H13N7/c1-11-8-12(21-7-6-16-10-21)9-22-14(11)19-15(20-22)18-13-4-2-3-5-17-13/h2-10H,1H3,(H,17,18,20). The summed E-state index contributed by atoms with van der Waals surface area (Å²) in [4.78, 5) is 12.8. The first-order valence-corrected chi connectivity index (χ1v) is 6.83. The van der Waals surface area contributed by atoms with Crippen LogP contribution in [-0.4, -0.2) is 29.1 Å². The van der Waals surface area contributed by atoms with Gasteiger partial charge in [0, 0.05) is 18.6 Å². The summed E-state index contributed by atoms with van der Waals surface area (Å²) in [6, 6.07) is 7.70. The van der Waals surface area contributed by atoms with Crippen LogP contribution in [0.3, 0.4) is 0 Å². The maximum absolute atomic E-state index is 4.51. The highest BCUT2D eigenvalue weighted by Gasteiger charge is 2.09. The monoisotopic (exact) mass is 291 g/mol. The van der Waals surface area contributed by atoms with Gasteiger partial charge < -0.3 is 9.88 Å². The first-order chi connectivity index (χ1) is 10.8. The Morgan fingerprint density at radius 2 is 2.14 bits per heavy atom. The van der Waals surface area contributed by atoms with Gasteiger partial charge in [0.15, 0.2) is 5.65 Å². The van der Waals surface area contributed by atoms with Gasteiger partial charge in [0.05, 0.1) is 18.2 Å². The van der Waals surface area contributed by atoms with Crippen LogP contribution in [0.15, 0.2) is 55.4 Å². The number of anilines is 2. The van der Waals surface area contributed by atoms with E-state index < -0.39 is 0 Å². The normalized spacial score (nSPS) is 11.0. The summed E-state index contributed by atoms with van der Waals surface area (Å²) in [7, 11) is 0. The second-order valence-corrected chi connectivity index (χ2v) is 4.89. The van der Waals surface area contributed by atoms with Crippen molar-refractivity contribution in [1.29, 1.82) is 0 Å². The summed E-state index contributed by atoms with van der Waals surface area (Å²) in [5.41, 5.74) is 2.83. The van der Waals surface area contributed by atoms with E-state index >= 15 is 0 Å². The molecular weight excluding hydrogens is 278 g/mol.